The average molecular weight is 328 g/mol. The number of carbonyl (C=O) groups excluding carboxylic acids is 1. The molecule has 2 aromatic carbocycles. The smallest absolute Gasteiger partial charge is 0.267 e. The van der Waals surface area contributed by atoms with Crippen molar-refractivity contribution in [1.29, 1.82) is 5.26 Å². The summed E-state index contributed by atoms with van der Waals surface area (Å²) in [6, 6.07) is 15.2. The van der Waals surface area contributed by atoms with Crippen LogP contribution in [0, 0.1) is 11.3 Å². The highest BCUT2D eigenvalue weighted by molar-refractivity contribution is 6.30. The number of carbonyl (C=O) groups is 1. The Kier molecular flexibility index (Phi) is 5.61. The number of aromatic hydroxyl groups is 1. The molecule has 0 spiro atoms. The van der Waals surface area contributed by atoms with Gasteiger partial charge in [-0.1, -0.05) is 29.8 Å². The molecule has 0 saturated carbocycles. The van der Waals surface area contributed by atoms with Crippen LogP contribution in [0.1, 0.15) is 5.56 Å². The Hall–Kier alpha value is -2.97. The Labute approximate surface area is 138 Å². The van der Waals surface area contributed by atoms with Gasteiger partial charge in [-0.25, -0.2) is 0 Å². The number of nitrogens with one attached hydrogen (secondary N) is 2. The van der Waals surface area contributed by atoms with Crippen molar-refractivity contribution in [2.75, 3.05) is 5.32 Å². The third-order valence-corrected chi connectivity index (χ3v) is 3.19. The van der Waals surface area contributed by atoms with E-state index >= 15 is 0 Å². The van der Waals surface area contributed by atoms with Gasteiger partial charge in [-0.15, -0.1) is 0 Å². The zero-order chi connectivity index (χ0) is 16.7. The summed E-state index contributed by atoms with van der Waals surface area (Å²) in [5, 5.41) is 24.5. The SMILES string of the molecule is N#C/C(=C/NCc1ccc(Cl)cc1)C(=O)Nc1cccc(O)c1. The lowest BCUT2D eigenvalue weighted by Gasteiger charge is -2.06. The summed E-state index contributed by atoms with van der Waals surface area (Å²) in [4.78, 5) is 12.0. The van der Waals surface area contributed by atoms with Gasteiger partial charge in [0.15, 0.2) is 0 Å². The molecule has 0 bridgehead atoms. The molecule has 0 aliphatic carbocycles. The van der Waals surface area contributed by atoms with Crippen molar-refractivity contribution in [2.45, 2.75) is 6.54 Å². The van der Waals surface area contributed by atoms with Gasteiger partial charge in [-0.2, -0.15) is 5.26 Å². The number of halogens is 1. The zero-order valence-corrected chi connectivity index (χ0v) is 12.8. The fourth-order valence-electron chi connectivity index (χ4n) is 1.80. The molecule has 1 amide bonds. The van der Waals surface area contributed by atoms with Gasteiger partial charge in [0.05, 0.1) is 0 Å². The van der Waals surface area contributed by atoms with Gasteiger partial charge in [-0.3, -0.25) is 4.79 Å². The maximum atomic E-state index is 12.0. The first-order valence-corrected chi connectivity index (χ1v) is 7.15. The molecule has 0 fully saturated rings. The molecule has 116 valence electrons. The lowest BCUT2D eigenvalue weighted by molar-refractivity contribution is -0.112. The molecular weight excluding hydrogens is 314 g/mol. The highest BCUT2D eigenvalue weighted by atomic mass is 35.5. The number of nitriles is 1. The quantitative estimate of drug-likeness (QED) is 0.581. The van der Waals surface area contributed by atoms with Crippen LogP contribution < -0.4 is 10.6 Å². The Morgan fingerprint density at radius 3 is 2.65 bits per heavy atom. The number of phenolic OH excluding ortho intramolecular Hbond substituents is 1. The van der Waals surface area contributed by atoms with E-state index < -0.39 is 5.91 Å². The molecule has 3 N–H and O–H groups in total. The van der Waals surface area contributed by atoms with E-state index in [1.807, 2.05) is 18.2 Å². The van der Waals surface area contributed by atoms with Crippen LogP contribution in [-0.2, 0) is 11.3 Å². The third kappa shape index (κ3) is 5.06. The van der Waals surface area contributed by atoms with Gasteiger partial charge in [0, 0.05) is 29.5 Å². The average Bonchev–Trinajstić information content (AvgIpc) is 2.53. The van der Waals surface area contributed by atoms with Crippen LogP contribution in [-0.4, -0.2) is 11.0 Å². The minimum absolute atomic E-state index is 0.0335. The number of hydrogen-bond donors (Lipinski definition) is 3. The second-order valence-corrected chi connectivity index (χ2v) is 5.12. The van der Waals surface area contributed by atoms with E-state index in [2.05, 4.69) is 10.6 Å². The van der Waals surface area contributed by atoms with Gasteiger partial charge in [0.2, 0.25) is 0 Å². The Bertz CT molecular complexity index is 764. The lowest BCUT2D eigenvalue weighted by Crippen LogP contribution is -2.16. The summed E-state index contributed by atoms with van der Waals surface area (Å²) < 4.78 is 0. The van der Waals surface area contributed by atoms with Crippen molar-refractivity contribution in [2.24, 2.45) is 0 Å². The van der Waals surface area contributed by atoms with Crippen LogP contribution >= 0.6 is 11.6 Å². The molecule has 2 aromatic rings. The Morgan fingerprint density at radius 2 is 2.00 bits per heavy atom. The van der Waals surface area contributed by atoms with E-state index in [0.717, 1.165) is 5.56 Å². The van der Waals surface area contributed by atoms with Gasteiger partial charge >= 0.3 is 0 Å². The summed E-state index contributed by atoms with van der Waals surface area (Å²) >= 11 is 5.80. The minimum atomic E-state index is -0.554. The first kappa shape index (κ1) is 16.4. The van der Waals surface area contributed by atoms with E-state index in [4.69, 9.17) is 16.9 Å². The highest BCUT2D eigenvalue weighted by Gasteiger charge is 2.09. The van der Waals surface area contributed by atoms with Crippen molar-refractivity contribution in [1.82, 2.24) is 5.32 Å². The van der Waals surface area contributed by atoms with Gasteiger partial charge in [0.1, 0.15) is 17.4 Å². The number of hydrogen-bond acceptors (Lipinski definition) is 4. The molecule has 0 atom stereocenters. The zero-order valence-electron chi connectivity index (χ0n) is 12.1. The summed E-state index contributed by atoms with van der Waals surface area (Å²) in [6.45, 7) is 0.460. The summed E-state index contributed by atoms with van der Waals surface area (Å²) in [7, 11) is 0. The van der Waals surface area contributed by atoms with Crippen LogP contribution in [0.4, 0.5) is 5.69 Å². The van der Waals surface area contributed by atoms with Crippen LogP contribution in [0.5, 0.6) is 5.75 Å². The van der Waals surface area contributed by atoms with Crippen molar-refractivity contribution < 1.29 is 9.90 Å². The maximum Gasteiger partial charge on any atom is 0.267 e. The van der Waals surface area contributed by atoms with Crippen molar-refractivity contribution in [3.63, 3.8) is 0 Å². The highest BCUT2D eigenvalue weighted by Crippen LogP contribution is 2.16. The summed E-state index contributed by atoms with van der Waals surface area (Å²) in [6.07, 6.45) is 1.35. The Morgan fingerprint density at radius 1 is 1.26 bits per heavy atom. The monoisotopic (exact) mass is 327 g/mol. The van der Waals surface area contributed by atoms with Crippen molar-refractivity contribution in [3.05, 3.63) is 70.9 Å². The molecule has 5 nitrogen and oxygen atoms in total. The standard InChI is InChI=1S/C17H14ClN3O2/c18-14-6-4-12(5-7-14)10-20-11-13(9-19)17(23)21-15-2-1-3-16(22)8-15/h1-8,11,20,22H,10H2,(H,21,23)/b13-11-. The number of anilines is 1. The van der Waals surface area contributed by atoms with E-state index in [9.17, 15) is 9.90 Å². The summed E-state index contributed by atoms with van der Waals surface area (Å²) in [5.74, 6) is -0.521. The maximum absolute atomic E-state index is 12.0. The molecule has 0 radical (unpaired) electrons. The number of nitrogens with zero attached hydrogens (tertiary/aromatic N) is 1. The van der Waals surface area contributed by atoms with Crippen molar-refractivity contribution in [3.8, 4) is 11.8 Å². The van der Waals surface area contributed by atoms with Crippen molar-refractivity contribution >= 4 is 23.2 Å². The molecule has 6 heteroatoms. The predicted octanol–water partition coefficient (Wildman–Crippen LogP) is 3.18. The van der Waals surface area contributed by atoms with E-state index in [-0.39, 0.29) is 11.3 Å². The first-order chi connectivity index (χ1) is 11.1. The second-order valence-electron chi connectivity index (χ2n) is 4.68. The molecule has 23 heavy (non-hydrogen) atoms. The van der Waals surface area contributed by atoms with Gasteiger partial charge in [-0.05, 0) is 29.8 Å². The molecule has 0 aliphatic heterocycles. The third-order valence-electron chi connectivity index (χ3n) is 2.93. The normalized spacial score (nSPS) is 10.7. The number of amides is 1. The van der Waals surface area contributed by atoms with Gasteiger partial charge in [0.25, 0.3) is 5.91 Å². The van der Waals surface area contributed by atoms with Crippen LogP contribution in [0.2, 0.25) is 5.02 Å². The molecule has 0 saturated heterocycles. The van der Waals surface area contributed by atoms with Crippen LogP contribution in [0.3, 0.4) is 0 Å². The number of rotatable bonds is 5. The number of benzene rings is 2. The summed E-state index contributed by atoms with van der Waals surface area (Å²) in [5.41, 5.74) is 1.31. The number of phenols is 1. The fraction of sp³-hybridized carbons (Fsp3) is 0.0588. The molecule has 0 aliphatic rings. The minimum Gasteiger partial charge on any atom is -0.508 e. The van der Waals surface area contributed by atoms with Gasteiger partial charge < -0.3 is 15.7 Å². The molecule has 0 unspecified atom stereocenters. The first-order valence-electron chi connectivity index (χ1n) is 6.77. The van der Waals surface area contributed by atoms with E-state index in [1.165, 1.54) is 18.3 Å². The molecular formula is C17H14ClN3O2. The lowest BCUT2D eigenvalue weighted by atomic mass is 10.2. The Balaban J connectivity index is 1.96. The molecule has 0 aromatic heterocycles. The molecule has 0 heterocycles. The molecule has 2 rings (SSSR count). The second kappa shape index (κ2) is 7.87. The fourth-order valence-corrected chi connectivity index (χ4v) is 1.93. The largest absolute Gasteiger partial charge is 0.508 e. The topological polar surface area (TPSA) is 85.2 Å². The van der Waals surface area contributed by atoms with Crippen LogP contribution in [0.15, 0.2) is 60.3 Å². The van der Waals surface area contributed by atoms with Crippen LogP contribution in [0.25, 0.3) is 0 Å². The predicted molar refractivity (Wildman–Crippen MR) is 88.7 cm³/mol. The van der Waals surface area contributed by atoms with E-state index in [0.29, 0.717) is 17.3 Å². The van der Waals surface area contributed by atoms with E-state index in [1.54, 1.807) is 24.3 Å².